The normalized spacial score (nSPS) is 14.3. The summed E-state index contributed by atoms with van der Waals surface area (Å²) in [6.45, 7) is 3.09. The summed E-state index contributed by atoms with van der Waals surface area (Å²) in [7, 11) is 1.19. The number of carbonyl (C=O) groups excluding carboxylic acids is 2. The minimum absolute atomic E-state index is 0.0722. The molecule has 5 nitrogen and oxygen atoms in total. The number of aliphatic hydroxyl groups is 1. The van der Waals surface area contributed by atoms with Gasteiger partial charge in [-0.2, -0.15) is 0 Å². The highest BCUT2D eigenvalue weighted by atomic mass is 16.5. The van der Waals surface area contributed by atoms with Gasteiger partial charge in [0.1, 0.15) is 6.10 Å². The second-order valence-corrected chi connectivity index (χ2v) is 2.91. The van der Waals surface area contributed by atoms with Crippen molar-refractivity contribution in [3.05, 3.63) is 0 Å². The predicted molar refractivity (Wildman–Crippen MR) is 48.5 cm³/mol. The quantitative estimate of drug-likeness (QED) is 0.650. The Balaban J connectivity index is 4.04. The second kappa shape index (κ2) is 6.37. The Morgan fingerprint density at radius 2 is 2.00 bits per heavy atom. The molecule has 0 aliphatic carbocycles. The lowest BCUT2D eigenvalue weighted by Gasteiger charge is -2.17. The van der Waals surface area contributed by atoms with Crippen LogP contribution < -0.4 is 0 Å². The lowest BCUT2D eigenvalue weighted by molar-refractivity contribution is -0.157. The van der Waals surface area contributed by atoms with Gasteiger partial charge in [-0.25, -0.2) is 4.79 Å². The molecule has 0 saturated heterocycles. The van der Waals surface area contributed by atoms with Crippen molar-refractivity contribution in [3.8, 4) is 0 Å². The molecule has 82 valence electrons. The first kappa shape index (κ1) is 12.9. The van der Waals surface area contributed by atoms with E-state index in [1.165, 1.54) is 14.0 Å². The first-order valence-electron chi connectivity index (χ1n) is 4.44. The number of ether oxygens (including phenoxy) is 2. The molecule has 0 spiro atoms. The van der Waals surface area contributed by atoms with Gasteiger partial charge in [0.2, 0.25) is 0 Å². The van der Waals surface area contributed by atoms with Crippen molar-refractivity contribution in [2.75, 3.05) is 7.11 Å². The Kier molecular flexibility index (Phi) is 5.87. The van der Waals surface area contributed by atoms with Crippen molar-refractivity contribution in [3.63, 3.8) is 0 Å². The maximum Gasteiger partial charge on any atom is 0.334 e. The molecule has 14 heavy (non-hydrogen) atoms. The van der Waals surface area contributed by atoms with Gasteiger partial charge in [-0.1, -0.05) is 6.92 Å². The highest BCUT2D eigenvalue weighted by Crippen LogP contribution is 2.08. The van der Waals surface area contributed by atoms with Crippen LogP contribution >= 0.6 is 0 Å². The Bertz CT molecular complexity index is 201. The molecule has 0 bridgehead atoms. The van der Waals surface area contributed by atoms with Gasteiger partial charge >= 0.3 is 11.9 Å². The van der Waals surface area contributed by atoms with E-state index < -0.39 is 24.1 Å². The van der Waals surface area contributed by atoms with E-state index in [9.17, 15) is 14.7 Å². The highest BCUT2D eigenvalue weighted by Gasteiger charge is 2.21. The minimum Gasteiger partial charge on any atom is -0.467 e. The lowest BCUT2D eigenvalue weighted by Crippen LogP contribution is -2.29. The maximum absolute atomic E-state index is 10.8. The number of esters is 2. The standard InChI is InChI=1S/C9H16O5/c1-4-7(14-6(2)10)5-8(11)9(12)13-3/h7-8,11H,4-5H2,1-3H3. The smallest absolute Gasteiger partial charge is 0.334 e. The second-order valence-electron chi connectivity index (χ2n) is 2.91. The number of aliphatic hydroxyl groups excluding tert-OH is 1. The predicted octanol–water partition coefficient (Wildman–Crippen LogP) is 0.252. The molecule has 5 heteroatoms. The van der Waals surface area contributed by atoms with Crippen molar-refractivity contribution in [1.82, 2.24) is 0 Å². The summed E-state index contributed by atoms with van der Waals surface area (Å²) in [5, 5.41) is 9.27. The third-order valence-corrected chi connectivity index (χ3v) is 1.75. The fourth-order valence-corrected chi connectivity index (χ4v) is 1.01. The zero-order chi connectivity index (χ0) is 11.1. The molecule has 0 aromatic rings. The van der Waals surface area contributed by atoms with Crippen molar-refractivity contribution in [2.24, 2.45) is 0 Å². The van der Waals surface area contributed by atoms with Crippen LogP contribution in [0.3, 0.4) is 0 Å². The van der Waals surface area contributed by atoms with Crippen LogP contribution in [0.4, 0.5) is 0 Å². The molecule has 0 aromatic heterocycles. The molecule has 0 saturated carbocycles. The van der Waals surface area contributed by atoms with Crippen molar-refractivity contribution >= 4 is 11.9 Å². The monoisotopic (exact) mass is 204 g/mol. The zero-order valence-electron chi connectivity index (χ0n) is 8.65. The summed E-state index contributed by atoms with van der Waals surface area (Å²) in [4.78, 5) is 21.5. The van der Waals surface area contributed by atoms with E-state index in [1.807, 2.05) is 0 Å². The van der Waals surface area contributed by atoms with E-state index >= 15 is 0 Å². The number of hydrogen-bond donors (Lipinski definition) is 1. The van der Waals surface area contributed by atoms with Gasteiger partial charge in [0.15, 0.2) is 6.10 Å². The first-order valence-corrected chi connectivity index (χ1v) is 4.44. The summed E-state index contributed by atoms with van der Waals surface area (Å²) in [5.74, 6) is -1.13. The Labute approximate surface area is 83.0 Å². The molecule has 0 rings (SSSR count). The summed E-state index contributed by atoms with van der Waals surface area (Å²) in [5.41, 5.74) is 0. The largest absolute Gasteiger partial charge is 0.467 e. The molecule has 2 unspecified atom stereocenters. The summed E-state index contributed by atoms with van der Waals surface area (Å²) in [6.07, 6.45) is -1.05. The molecule has 0 heterocycles. The van der Waals surface area contributed by atoms with Crippen LogP contribution in [-0.2, 0) is 19.1 Å². The third kappa shape index (κ3) is 4.81. The molecular formula is C9H16O5. The highest BCUT2D eigenvalue weighted by molar-refractivity contribution is 5.74. The number of hydrogen-bond acceptors (Lipinski definition) is 5. The minimum atomic E-state index is -1.23. The fourth-order valence-electron chi connectivity index (χ4n) is 1.01. The maximum atomic E-state index is 10.8. The number of methoxy groups -OCH3 is 1. The van der Waals surface area contributed by atoms with E-state index in [-0.39, 0.29) is 6.42 Å². The van der Waals surface area contributed by atoms with Gasteiger partial charge in [0.25, 0.3) is 0 Å². The van der Waals surface area contributed by atoms with Crippen molar-refractivity contribution in [2.45, 2.75) is 38.9 Å². The van der Waals surface area contributed by atoms with Crippen LogP contribution in [0.5, 0.6) is 0 Å². The Hall–Kier alpha value is -1.10. The summed E-state index contributed by atoms with van der Waals surface area (Å²) < 4.78 is 9.19. The van der Waals surface area contributed by atoms with Crippen LogP contribution in [0.1, 0.15) is 26.7 Å². The Morgan fingerprint density at radius 3 is 2.36 bits per heavy atom. The average Bonchev–Trinajstić information content (AvgIpc) is 2.14. The van der Waals surface area contributed by atoms with E-state index in [4.69, 9.17) is 4.74 Å². The third-order valence-electron chi connectivity index (χ3n) is 1.75. The molecule has 2 atom stereocenters. The molecule has 0 aliphatic rings. The van der Waals surface area contributed by atoms with E-state index in [1.54, 1.807) is 6.92 Å². The van der Waals surface area contributed by atoms with E-state index in [0.717, 1.165) is 0 Å². The molecule has 1 N–H and O–H groups in total. The number of carbonyl (C=O) groups is 2. The van der Waals surface area contributed by atoms with Gasteiger partial charge in [0.05, 0.1) is 7.11 Å². The molecular weight excluding hydrogens is 188 g/mol. The SMILES string of the molecule is CCC(CC(O)C(=O)OC)OC(C)=O. The van der Waals surface area contributed by atoms with Crippen LogP contribution in [0.15, 0.2) is 0 Å². The van der Waals surface area contributed by atoms with Crippen molar-refractivity contribution in [1.29, 1.82) is 0 Å². The summed E-state index contributed by atoms with van der Waals surface area (Å²) >= 11 is 0. The molecule has 0 aromatic carbocycles. The van der Waals surface area contributed by atoms with Crippen LogP contribution in [-0.4, -0.2) is 36.4 Å². The van der Waals surface area contributed by atoms with Crippen LogP contribution in [0.2, 0.25) is 0 Å². The Morgan fingerprint density at radius 1 is 1.43 bits per heavy atom. The first-order chi connectivity index (χ1) is 6.51. The molecule has 0 fully saturated rings. The molecule has 0 amide bonds. The topological polar surface area (TPSA) is 72.8 Å². The zero-order valence-corrected chi connectivity index (χ0v) is 8.65. The van der Waals surface area contributed by atoms with Gasteiger partial charge in [0, 0.05) is 13.3 Å². The van der Waals surface area contributed by atoms with Crippen molar-refractivity contribution < 1.29 is 24.2 Å². The van der Waals surface area contributed by atoms with E-state index in [2.05, 4.69) is 4.74 Å². The van der Waals surface area contributed by atoms with Gasteiger partial charge in [-0.3, -0.25) is 4.79 Å². The van der Waals surface area contributed by atoms with Gasteiger partial charge in [-0.05, 0) is 6.42 Å². The fraction of sp³-hybridized carbons (Fsp3) is 0.778. The van der Waals surface area contributed by atoms with Gasteiger partial charge < -0.3 is 14.6 Å². The number of rotatable bonds is 5. The van der Waals surface area contributed by atoms with Crippen LogP contribution in [0.25, 0.3) is 0 Å². The van der Waals surface area contributed by atoms with Crippen LogP contribution in [0, 0.1) is 0 Å². The summed E-state index contributed by atoms with van der Waals surface area (Å²) in [6, 6.07) is 0. The lowest BCUT2D eigenvalue weighted by atomic mass is 10.1. The molecule has 0 aliphatic heterocycles. The van der Waals surface area contributed by atoms with E-state index in [0.29, 0.717) is 6.42 Å². The molecule has 0 radical (unpaired) electrons. The average molecular weight is 204 g/mol. The van der Waals surface area contributed by atoms with Gasteiger partial charge in [-0.15, -0.1) is 0 Å².